The maximum Gasteiger partial charge on any atom is 0.223 e. The minimum atomic E-state index is -0.497. The molecule has 0 saturated heterocycles. The number of carbonyl (C=O) groups is 1. The van der Waals surface area contributed by atoms with Gasteiger partial charge in [0.15, 0.2) is 0 Å². The topological polar surface area (TPSA) is 56.0 Å². The van der Waals surface area contributed by atoms with Crippen LogP contribution in [-0.4, -0.2) is 10.9 Å². The predicted octanol–water partition coefficient (Wildman–Crippen LogP) is 1.14. The lowest BCUT2D eigenvalue weighted by Crippen LogP contribution is -2.33. The van der Waals surface area contributed by atoms with Gasteiger partial charge >= 0.3 is 0 Å². The van der Waals surface area contributed by atoms with Gasteiger partial charge in [-0.1, -0.05) is 19.9 Å². The van der Waals surface area contributed by atoms with E-state index in [0.717, 1.165) is 5.56 Å². The smallest absolute Gasteiger partial charge is 0.223 e. The summed E-state index contributed by atoms with van der Waals surface area (Å²) in [6.45, 7) is 3.67. The molecule has 0 unspecified atom stereocenters. The van der Waals surface area contributed by atoms with Crippen molar-refractivity contribution in [2.45, 2.75) is 20.3 Å². The van der Waals surface area contributed by atoms with E-state index in [1.807, 2.05) is 26.0 Å². The standard InChI is InChI=1S/C10H14N2O/c1-10(2,9(11)13)6-8-4-3-5-12-7-8/h3-5,7H,6H2,1-2H3,(H2,11,13). The monoisotopic (exact) mass is 178 g/mol. The zero-order chi connectivity index (χ0) is 9.90. The summed E-state index contributed by atoms with van der Waals surface area (Å²) in [5.41, 5.74) is 5.80. The molecule has 1 aromatic heterocycles. The van der Waals surface area contributed by atoms with E-state index in [0.29, 0.717) is 6.42 Å². The number of nitrogens with zero attached hydrogens (tertiary/aromatic N) is 1. The van der Waals surface area contributed by atoms with Crippen LogP contribution in [-0.2, 0) is 11.2 Å². The van der Waals surface area contributed by atoms with Crippen LogP contribution in [0.5, 0.6) is 0 Å². The zero-order valence-corrected chi connectivity index (χ0v) is 7.95. The van der Waals surface area contributed by atoms with Crippen molar-refractivity contribution < 1.29 is 4.79 Å². The van der Waals surface area contributed by atoms with Gasteiger partial charge in [-0.2, -0.15) is 0 Å². The Kier molecular flexibility index (Phi) is 2.66. The fourth-order valence-electron chi connectivity index (χ4n) is 1.10. The number of amides is 1. The van der Waals surface area contributed by atoms with Crippen LogP contribution in [0.1, 0.15) is 19.4 Å². The van der Waals surface area contributed by atoms with Crippen LogP contribution < -0.4 is 5.73 Å². The molecule has 0 aliphatic rings. The van der Waals surface area contributed by atoms with E-state index in [2.05, 4.69) is 4.98 Å². The third kappa shape index (κ3) is 2.54. The van der Waals surface area contributed by atoms with Crippen molar-refractivity contribution >= 4 is 5.91 Å². The van der Waals surface area contributed by atoms with E-state index < -0.39 is 5.41 Å². The van der Waals surface area contributed by atoms with E-state index in [1.54, 1.807) is 12.4 Å². The molecule has 1 amide bonds. The molecule has 0 aliphatic carbocycles. The number of primary amides is 1. The maximum absolute atomic E-state index is 11.0. The molecule has 0 aliphatic heterocycles. The summed E-state index contributed by atoms with van der Waals surface area (Å²) in [5.74, 6) is -0.281. The van der Waals surface area contributed by atoms with Gasteiger partial charge in [0.2, 0.25) is 5.91 Å². The Hall–Kier alpha value is -1.38. The zero-order valence-electron chi connectivity index (χ0n) is 7.95. The van der Waals surface area contributed by atoms with Gasteiger partial charge in [0.1, 0.15) is 0 Å². The quantitative estimate of drug-likeness (QED) is 0.754. The van der Waals surface area contributed by atoms with E-state index in [1.165, 1.54) is 0 Å². The fourth-order valence-corrected chi connectivity index (χ4v) is 1.10. The van der Waals surface area contributed by atoms with Crippen molar-refractivity contribution in [3.8, 4) is 0 Å². The first-order valence-electron chi connectivity index (χ1n) is 4.21. The molecular weight excluding hydrogens is 164 g/mol. The Morgan fingerprint density at radius 1 is 1.62 bits per heavy atom. The van der Waals surface area contributed by atoms with Crippen LogP contribution in [0.4, 0.5) is 0 Å². The first-order valence-corrected chi connectivity index (χ1v) is 4.21. The molecular formula is C10H14N2O. The second-order valence-electron chi connectivity index (χ2n) is 3.79. The third-order valence-electron chi connectivity index (χ3n) is 2.04. The largest absolute Gasteiger partial charge is 0.369 e. The second-order valence-corrected chi connectivity index (χ2v) is 3.79. The number of hydrogen-bond donors (Lipinski definition) is 1. The Balaban J connectivity index is 2.75. The molecule has 0 saturated carbocycles. The van der Waals surface area contributed by atoms with Crippen molar-refractivity contribution in [2.24, 2.45) is 11.1 Å². The third-order valence-corrected chi connectivity index (χ3v) is 2.04. The van der Waals surface area contributed by atoms with Crippen molar-refractivity contribution in [1.82, 2.24) is 4.98 Å². The molecule has 3 heteroatoms. The van der Waals surface area contributed by atoms with Crippen LogP contribution in [0.3, 0.4) is 0 Å². The molecule has 70 valence electrons. The molecule has 13 heavy (non-hydrogen) atoms. The average Bonchev–Trinajstić information content (AvgIpc) is 2.05. The van der Waals surface area contributed by atoms with Gasteiger partial charge in [0, 0.05) is 17.8 Å². The highest BCUT2D eigenvalue weighted by Gasteiger charge is 2.24. The molecule has 1 rings (SSSR count). The summed E-state index contributed by atoms with van der Waals surface area (Å²) in [7, 11) is 0. The van der Waals surface area contributed by atoms with Crippen molar-refractivity contribution in [1.29, 1.82) is 0 Å². The maximum atomic E-state index is 11.0. The Labute approximate surface area is 78.0 Å². The van der Waals surface area contributed by atoms with Crippen LogP contribution >= 0.6 is 0 Å². The number of rotatable bonds is 3. The van der Waals surface area contributed by atoms with Crippen LogP contribution in [0, 0.1) is 5.41 Å². The van der Waals surface area contributed by atoms with Crippen molar-refractivity contribution in [3.63, 3.8) is 0 Å². The Morgan fingerprint density at radius 3 is 2.77 bits per heavy atom. The lowest BCUT2D eigenvalue weighted by atomic mass is 9.86. The first-order chi connectivity index (χ1) is 6.02. The SMILES string of the molecule is CC(C)(Cc1cccnc1)C(N)=O. The average molecular weight is 178 g/mol. The summed E-state index contributed by atoms with van der Waals surface area (Å²) < 4.78 is 0. The minimum absolute atomic E-state index is 0.281. The van der Waals surface area contributed by atoms with Gasteiger partial charge in [-0.3, -0.25) is 9.78 Å². The van der Waals surface area contributed by atoms with Crippen molar-refractivity contribution in [3.05, 3.63) is 30.1 Å². The lowest BCUT2D eigenvalue weighted by Gasteiger charge is -2.19. The second kappa shape index (κ2) is 3.56. The molecule has 1 heterocycles. The molecule has 1 aromatic rings. The molecule has 0 spiro atoms. The Morgan fingerprint density at radius 2 is 2.31 bits per heavy atom. The molecule has 0 atom stereocenters. The summed E-state index contributed by atoms with van der Waals surface area (Å²) in [4.78, 5) is 15.0. The van der Waals surface area contributed by atoms with E-state index in [9.17, 15) is 4.79 Å². The molecule has 0 fully saturated rings. The van der Waals surface area contributed by atoms with E-state index >= 15 is 0 Å². The molecule has 3 nitrogen and oxygen atoms in total. The highest BCUT2D eigenvalue weighted by atomic mass is 16.1. The van der Waals surface area contributed by atoms with Crippen molar-refractivity contribution in [2.75, 3.05) is 0 Å². The molecule has 0 radical (unpaired) electrons. The van der Waals surface area contributed by atoms with Gasteiger partial charge in [-0.05, 0) is 18.1 Å². The summed E-state index contributed by atoms with van der Waals surface area (Å²) >= 11 is 0. The summed E-state index contributed by atoms with van der Waals surface area (Å²) in [6, 6.07) is 3.80. The fraction of sp³-hybridized carbons (Fsp3) is 0.400. The van der Waals surface area contributed by atoms with Gasteiger partial charge in [-0.25, -0.2) is 0 Å². The van der Waals surface area contributed by atoms with Gasteiger partial charge < -0.3 is 5.73 Å². The summed E-state index contributed by atoms with van der Waals surface area (Å²) in [6.07, 6.45) is 4.10. The van der Waals surface area contributed by atoms with E-state index in [-0.39, 0.29) is 5.91 Å². The predicted molar refractivity (Wildman–Crippen MR) is 50.9 cm³/mol. The molecule has 0 aromatic carbocycles. The highest BCUT2D eigenvalue weighted by molar-refractivity contribution is 5.80. The number of pyridine rings is 1. The number of aromatic nitrogens is 1. The van der Waals surface area contributed by atoms with Crippen LogP contribution in [0.25, 0.3) is 0 Å². The number of carbonyl (C=O) groups excluding carboxylic acids is 1. The minimum Gasteiger partial charge on any atom is -0.369 e. The first kappa shape index (κ1) is 9.71. The Bertz CT molecular complexity index is 293. The lowest BCUT2D eigenvalue weighted by molar-refractivity contribution is -0.125. The molecule has 2 N–H and O–H groups in total. The van der Waals surface area contributed by atoms with Gasteiger partial charge in [0.25, 0.3) is 0 Å². The molecule has 0 bridgehead atoms. The highest BCUT2D eigenvalue weighted by Crippen LogP contribution is 2.20. The number of hydrogen-bond acceptors (Lipinski definition) is 2. The van der Waals surface area contributed by atoms with Gasteiger partial charge in [-0.15, -0.1) is 0 Å². The van der Waals surface area contributed by atoms with Crippen LogP contribution in [0.15, 0.2) is 24.5 Å². The number of nitrogens with two attached hydrogens (primary N) is 1. The van der Waals surface area contributed by atoms with Crippen LogP contribution in [0.2, 0.25) is 0 Å². The summed E-state index contributed by atoms with van der Waals surface area (Å²) in [5, 5.41) is 0. The normalized spacial score (nSPS) is 11.2. The van der Waals surface area contributed by atoms with Gasteiger partial charge in [0.05, 0.1) is 0 Å². The van der Waals surface area contributed by atoms with E-state index in [4.69, 9.17) is 5.73 Å².